The molecule has 1 saturated heterocycles. The first kappa shape index (κ1) is 15.5. The van der Waals surface area contributed by atoms with Crippen molar-refractivity contribution in [3.63, 3.8) is 0 Å². The van der Waals surface area contributed by atoms with Crippen molar-refractivity contribution in [2.75, 3.05) is 32.8 Å². The maximum atomic E-state index is 12.0. The normalized spacial score (nSPS) is 25.5. The van der Waals surface area contributed by atoms with Crippen LogP contribution in [0.25, 0.3) is 0 Å². The molecule has 0 saturated carbocycles. The number of hydrogen-bond acceptors (Lipinski definition) is 4. The summed E-state index contributed by atoms with van der Waals surface area (Å²) in [6.07, 6.45) is 2.35. The van der Waals surface area contributed by atoms with Gasteiger partial charge in [0.15, 0.2) is 0 Å². The third kappa shape index (κ3) is 3.32. The third-order valence-electron chi connectivity index (χ3n) is 4.57. The zero-order valence-corrected chi connectivity index (χ0v) is 12.9. The van der Waals surface area contributed by atoms with Crippen LogP contribution < -0.4 is 5.56 Å². The molecule has 5 nitrogen and oxygen atoms in total. The molecule has 1 N–H and O–H groups in total. The molecule has 5 heteroatoms. The summed E-state index contributed by atoms with van der Waals surface area (Å²) in [5.41, 5.74) is 1.25. The average Bonchev–Trinajstić information content (AvgIpc) is 2.48. The second-order valence-corrected chi connectivity index (χ2v) is 6.40. The van der Waals surface area contributed by atoms with Crippen LogP contribution in [0.2, 0.25) is 0 Å². The molecule has 3 atom stereocenters. The Hall–Kier alpha value is -1.43. The van der Waals surface area contributed by atoms with Crippen LogP contribution in [0.3, 0.4) is 0 Å². The van der Waals surface area contributed by atoms with E-state index >= 15 is 0 Å². The summed E-state index contributed by atoms with van der Waals surface area (Å²) in [7, 11) is 0. The Morgan fingerprint density at radius 1 is 1.41 bits per heavy atom. The average molecular weight is 304 g/mol. The number of piperidine rings is 1. The maximum absolute atomic E-state index is 12.0. The number of β-amino-alcohol motifs (C(OH)–C–C–N with tert-alkyl or cyclic N) is 1. The molecule has 120 valence electrons. The number of hydrogen-bond donors (Lipinski definition) is 1. The second-order valence-electron chi connectivity index (χ2n) is 6.40. The van der Waals surface area contributed by atoms with Crippen molar-refractivity contribution in [1.82, 2.24) is 9.47 Å². The van der Waals surface area contributed by atoms with Crippen molar-refractivity contribution in [2.24, 2.45) is 5.92 Å². The minimum absolute atomic E-state index is 0.110. The van der Waals surface area contributed by atoms with Crippen molar-refractivity contribution in [3.8, 4) is 0 Å². The Morgan fingerprint density at radius 3 is 3.09 bits per heavy atom. The molecular weight excluding hydrogens is 280 g/mol. The highest BCUT2D eigenvalue weighted by atomic mass is 16.5. The van der Waals surface area contributed by atoms with Gasteiger partial charge in [-0.2, -0.15) is 0 Å². The number of pyridine rings is 1. The number of aliphatic hydroxyl groups is 1. The molecule has 0 amide bonds. The van der Waals surface area contributed by atoms with Gasteiger partial charge in [-0.15, -0.1) is 6.58 Å². The number of fused-ring (bicyclic) bond motifs is 4. The molecular formula is C17H24N2O3. The quantitative estimate of drug-likeness (QED) is 0.625. The zero-order valence-electron chi connectivity index (χ0n) is 12.9. The maximum Gasteiger partial charge on any atom is 0.250 e. The molecule has 2 aliphatic heterocycles. The fourth-order valence-corrected chi connectivity index (χ4v) is 3.78. The van der Waals surface area contributed by atoms with Gasteiger partial charge in [0, 0.05) is 43.9 Å². The standard InChI is InChI=1S/C17H24N2O3/c1-2-6-22-12-15(20)11-18-8-13-7-14(10-18)16-4-3-5-17(21)19(16)9-13/h2-5,13-15,20H,1,6-12H2/t13-,14+,15+/m0/s1. The minimum Gasteiger partial charge on any atom is -0.389 e. The second kappa shape index (κ2) is 6.77. The van der Waals surface area contributed by atoms with E-state index in [0.717, 1.165) is 31.7 Å². The first-order valence-electron chi connectivity index (χ1n) is 7.96. The van der Waals surface area contributed by atoms with Crippen molar-refractivity contribution in [1.29, 1.82) is 0 Å². The Bertz CT molecular complexity index is 584. The third-order valence-corrected chi connectivity index (χ3v) is 4.57. The molecule has 0 aromatic carbocycles. The van der Waals surface area contributed by atoms with Gasteiger partial charge in [0.05, 0.1) is 19.3 Å². The van der Waals surface area contributed by atoms with Crippen molar-refractivity contribution in [3.05, 3.63) is 46.9 Å². The van der Waals surface area contributed by atoms with Gasteiger partial charge in [-0.3, -0.25) is 9.69 Å². The topological polar surface area (TPSA) is 54.7 Å². The fraction of sp³-hybridized carbons (Fsp3) is 0.588. The Balaban J connectivity index is 1.63. The van der Waals surface area contributed by atoms with E-state index in [9.17, 15) is 9.90 Å². The summed E-state index contributed by atoms with van der Waals surface area (Å²) >= 11 is 0. The molecule has 2 aliphatic rings. The predicted octanol–water partition coefficient (Wildman–Crippen LogP) is 0.831. The Morgan fingerprint density at radius 2 is 2.27 bits per heavy atom. The van der Waals surface area contributed by atoms with Crippen LogP contribution in [-0.4, -0.2) is 53.5 Å². The summed E-state index contributed by atoms with van der Waals surface area (Å²) in [4.78, 5) is 14.3. The molecule has 0 radical (unpaired) electrons. The summed E-state index contributed by atoms with van der Waals surface area (Å²) in [6, 6.07) is 5.56. The number of ether oxygens (including phenoxy) is 1. The van der Waals surface area contributed by atoms with Crippen LogP contribution in [-0.2, 0) is 11.3 Å². The largest absolute Gasteiger partial charge is 0.389 e. The molecule has 0 unspecified atom stereocenters. The predicted molar refractivity (Wildman–Crippen MR) is 85.0 cm³/mol. The van der Waals surface area contributed by atoms with E-state index in [-0.39, 0.29) is 5.56 Å². The number of likely N-dealkylation sites (tertiary alicyclic amines) is 1. The SMILES string of the molecule is C=CCOC[C@H](O)CN1C[C@@H]2C[C@H](C1)c1cccc(=O)n1C2. The highest BCUT2D eigenvalue weighted by Gasteiger charge is 2.34. The Labute approximate surface area is 130 Å². The first-order valence-corrected chi connectivity index (χ1v) is 7.96. The van der Waals surface area contributed by atoms with Crippen LogP contribution in [0.1, 0.15) is 18.0 Å². The lowest BCUT2D eigenvalue weighted by Crippen LogP contribution is -2.49. The molecule has 0 aliphatic carbocycles. The molecule has 3 heterocycles. The van der Waals surface area contributed by atoms with Gasteiger partial charge in [0.2, 0.25) is 0 Å². The van der Waals surface area contributed by atoms with Gasteiger partial charge in [-0.1, -0.05) is 12.1 Å². The number of nitrogens with zero attached hydrogens (tertiary/aromatic N) is 2. The summed E-state index contributed by atoms with van der Waals surface area (Å²) < 4.78 is 7.24. The fourth-order valence-electron chi connectivity index (χ4n) is 3.78. The van der Waals surface area contributed by atoms with E-state index in [1.165, 1.54) is 0 Å². The smallest absolute Gasteiger partial charge is 0.250 e. The zero-order chi connectivity index (χ0) is 15.5. The molecule has 1 aromatic rings. The van der Waals surface area contributed by atoms with E-state index < -0.39 is 6.10 Å². The van der Waals surface area contributed by atoms with Crippen LogP contribution in [0.15, 0.2) is 35.6 Å². The molecule has 22 heavy (non-hydrogen) atoms. The van der Waals surface area contributed by atoms with E-state index in [1.54, 1.807) is 12.1 Å². The van der Waals surface area contributed by atoms with Gasteiger partial charge in [-0.05, 0) is 18.4 Å². The van der Waals surface area contributed by atoms with Crippen LogP contribution >= 0.6 is 0 Å². The summed E-state index contributed by atoms with van der Waals surface area (Å²) in [5, 5.41) is 10.1. The molecule has 1 fully saturated rings. The van der Waals surface area contributed by atoms with Gasteiger partial charge in [-0.25, -0.2) is 0 Å². The van der Waals surface area contributed by atoms with Crippen LogP contribution in [0.4, 0.5) is 0 Å². The number of rotatable bonds is 6. The van der Waals surface area contributed by atoms with Gasteiger partial charge >= 0.3 is 0 Å². The van der Waals surface area contributed by atoms with E-state index in [1.807, 2.05) is 10.6 Å². The van der Waals surface area contributed by atoms with Gasteiger partial charge in [0.1, 0.15) is 0 Å². The van der Waals surface area contributed by atoms with Crippen LogP contribution in [0, 0.1) is 5.92 Å². The molecule has 2 bridgehead atoms. The van der Waals surface area contributed by atoms with E-state index in [0.29, 0.717) is 31.6 Å². The highest BCUT2D eigenvalue weighted by molar-refractivity contribution is 5.16. The Kier molecular flexibility index (Phi) is 4.76. The minimum atomic E-state index is -0.475. The van der Waals surface area contributed by atoms with Crippen molar-refractivity contribution >= 4 is 0 Å². The lowest BCUT2D eigenvalue weighted by Gasteiger charge is -2.43. The van der Waals surface area contributed by atoms with E-state index in [2.05, 4.69) is 17.5 Å². The van der Waals surface area contributed by atoms with Gasteiger partial charge < -0.3 is 14.4 Å². The number of aliphatic hydroxyl groups excluding tert-OH is 1. The molecule has 1 aromatic heterocycles. The lowest BCUT2D eigenvalue weighted by atomic mass is 9.83. The summed E-state index contributed by atoms with van der Waals surface area (Å²) in [5.74, 6) is 0.885. The van der Waals surface area contributed by atoms with Crippen molar-refractivity contribution in [2.45, 2.75) is 25.0 Å². The summed E-state index contributed by atoms with van der Waals surface area (Å²) in [6.45, 7) is 7.67. The van der Waals surface area contributed by atoms with Gasteiger partial charge in [0.25, 0.3) is 5.56 Å². The molecule has 0 spiro atoms. The van der Waals surface area contributed by atoms with Crippen LogP contribution in [0.5, 0.6) is 0 Å². The number of aromatic nitrogens is 1. The monoisotopic (exact) mass is 304 g/mol. The van der Waals surface area contributed by atoms with E-state index in [4.69, 9.17) is 4.74 Å². The van der Waals surface area contributed by atoms with Crippen molar-refractivity contribution < 1.29 is 9.84 Å². The first-order chi connectivity index (χ1) is 10.7. The highest BCUT2D eigenvalue weighted by Crippen LogP contribution is 2.34. The molecule has 3 rings (SSSR count). The lowest BCUT2D eigenvalue weighted by molar-refractivity contribution is 0.0100.